The Morgan fingerprint density at radius 2 is 1.73 bits per heavy atom. The zero-order chi connectivity index (χ0) is 21.7. The summed E-state index contributed by atoms with van der Waals surface area (Å²) in [5.41, 5.74) is 1.24. The van der Waals surface area contributed by atoms with Crippen molar-refractivity contribution in [3.05, 3.63) is 70.6 Å². The summed E-state index contributed by atoms with van der Waals surface area (Å²) >= 11 is 3.24. The van der Waals surface area contributed by atoms with Crippen LogP contribution in [0.5, 0.6) is 5.75 Å². The maximum atomic E-state index is 12.7. The molecule has 1 heterocycles. The monoisotopic (exact) mass is 452 g/mol. The number of carbonyl (C=O) groups excluding carboxylic acids is 1. The molecule has 0 aliphatic heterocycles. The number of alkyl halides is 3. The number of halogens is 3. The van der Waals surface area contributed by atoms with E-state index < -0.39 is 17.7 Å². The molecule has 1 aromatic heterocycles. The van der Waals surface area contributed by atoms with Gasteiger partial charge in [-0.15, -0.1) is 23.1 Å². The van der Waals surface area contributed by atoms with Crippen LogP contribution in [0.3, 0.4) is 0 Å². The van der Waals surface area contributed by atoms with Gasteiger partial charge in [-0.3, -0.25) is 0 Å². The second-order valence-electron chi connectivity index (χ2n) is 6.42. The van der Waals surface area contributed by atoms with Crippen molar-refractivity contribution in [2.45, 2.75) is 23.7 Å². The van der Waals surface area contributed by atoms with Gasteiger partial charge >= 0.3 is 12.1 Å². The van der Waals surface area contributed by atoms with E-state index >= 15 is 0 Å². The van der Waals surface area contributed by atoms with Gasteiger partial charge in [0.15, 0.2) is 6.61 Å². The number of thiophene rings is 1. The van der Waals surface area contributed by atoms with Gasteiger partial charge in [-0.25, -0.2) is 4.79 Å². The zero-order valence-electron chi connectivity index (χ0n) is 16.3. The highest BCUT2D eigenvalue weighted by Crippen LogP contribution is 2.37. The van der Waals surface area contributed by atoms with E-state index in [1.54, 1.807) is 35.2 Å². The summed E-state index contributed by atoms with van der Waals surface area (Å²) in [6, 6.07) is 14.7. The van der Waals surface area contributed by atoms with E-state index in [1.807, 2.05) is 25.1 Å². The van der Waals surface area contributed by atoms with E-state index in [0.29, 0.717) is 5.75 Å². The average molecular weight is 453 g/mol. The molecular formula is C22H19F3O3S2. The molecule has 0 aliphatic rings. The van der Waals surface area contributed by atoms with Crippen LogP contribution in [0.2, 0.25) is 0 Å². The highest BCUT2D eigenvalue weighted by atomic mass is 32.2. The number of hydrogen-bond acceptors (Lipinski definition) is 5. The van der Waals surface area contributed by atoms with Crippen molar-refractivity contribution < 1.29 is 27.4 Å². The predicted molar refractivity (Wildman–Crippen MR) is 113 cm³/mol. The Morgan fingerprint density at radius 1 is 1.07 bits per heavy atom. The third kappa shape index (κ3) is 5.79. The first-order valence-electron chi connectivity index (χ1n) is 8.95. The van der Waals surface area contributed by atoms with Crippen LogP contribution < -0.4 is 4.74 Å². The lowest BCUT2D eigenvalue weighted by atomic mass is 10.1. The van der Waals surface area contributed by atoms with Crippen LogP contribution >= 0.6 is 23.1 Å². The van der Waals surface area contributed by atoms with Crippen LogP contribution in [0.4, 0.5) is 13.2 Å². The summed E-state index contributed by atoms with van der Waals surface area (Å²) in [4.78, 5) is 14.3. The maximum Gasteiger partial charge on any atom is 0.416 e. The van der Waals surface area contributed by atoms with Gasteiger partial charge in [-0.1, -0.05) is 12.1 Å². The third-order valence-electron chi connectivity index (χ3n) is 4.30. The molecule has 3 aromatic rings. The molecule has 0 radical (unpaired) electrons. The van der Waals surface area contributed by atoms with Crippen molar-refractivity contribution >= 4 is 29.1 Å². The molecule has 158 valence electrons. The lowest BCUT2D eigenvalue weighted by Crippen LogP contribution is -2.12. The van der Waals surface area contributed by atoms with E-state index in [-0.39, 0.29) is 6.61 Å². The molecule has 0 saturated heterocycles. The lowest BCUT2D eigenvalue weighted by molar-refractivity contribution is -0.143. The van der Waals surface area contributed by atoms with Crippen molar-refractivity contribution in [2.75, 3.05) is 13.7 Å². The van der Waals surface area contributed by atoms with Gasteiger partial charge in [0, 0.05) is 20.4 Å². The van der Waals surface area contributed by atoms with Crippen LogP contribution in [-0.4, -0.2) is 19.7 Å². The molecule has 0 fully saturated rings. The standard InChI is InChI=1S/C22H19F3O3S2/c1-14-11-19(15-3-5-16(6-4-15)22(23,24)25)30-20(14)13-29-18-9-7-17(8-10-18)28-12-21(26)27-2/h3-11H,12-13H2,1-2H3. The van der Waals surface area contributed by atoms with Gasteiger partial charge in [-0.05, 0) is 60.5 Å². The first-order chi connectivity index (χ1) is 14.3. The molecule has 2 aromatic carbocycles. The van der Waals surface area contributed by atoms with Crippen LogP contribution in [-0.2, 0) is 21.5 Å². The SMILES string of the molecule is COC(=O)COc1ccc(SCc2sc(-c3ccc(C(F)(F)F)cc3)cc2C)cc1. The Hall–Kier alpha value is -2.45. The van der Waals surface area contributed by atoms with Crippen molar-refractivity contribution in [2.24, 2.45) is 0 Å². The van der Waals surface area contributed by atoms with Crippen molar-refractivity contribution in [1.82, 2.24) is 0 Å². The normalized spacial score (nSPS) is 11.4. The first-order valence-corrected chi connectivity index (χ1v) is 10.8. The summed E-state index contributed by atoms with van der Waals surface area (Å²) in [7, 11) is 1.31. The van der Waals surface area contributed by atoms with Crippen molar-refractivity contribution in [1.29, 1.82) is 0 Å². The van der Waals surface area contributed by atoms with Gasteiger partial charge in [0.2, 0.25) is 0 Å². The summed E-state index contributed by atoms with van der Waals surface area (Å²) in [6.45, 7) is 1.87. The molecule has 0 saturated carbocycles. The van der Waals surface area contributed by atoms with E-state index in [2.05, 4.69) is 4.74 Å². The summed E-state index contributed by atoms with van der Waals surface area (Å²) in [5, 5.41) is 0. The minimum Gasteiger partial charge on any atom is -0.482 e. The van der Waals surface area contributed by atoms with Gasteiger partial charge in [-0.2, -0.15) is 13.2 Å². The molecule has 30 heavy (non-hydrogen) atoms. The Balaban J connectivity index is 1.61. The Labute approximate surface area is 180 Å². The van der Waals surface area contributed by atoms with Crippen LogP contribution in [0, 0.1) is 6.92 Å². The smallest absolute Gasteiger partial charge is 0.416 e. The fraction of sp³-hybridized carbons (Fsp3) is 0.227. The van der Waals surface area contributed by atoms with Gasteiger partial charge < -0.3 is 9.47 Å². The Morgan fingerprint density at radius 3 is 2.33 bits per heavy atom. The Kier molecular flexibility index (Phi) is 7.10. The van der Waals surface area contributed by atoms with Gasteiger partial charge in [0.05, 0.1) is 12.7 Å². The number of thioether (sulfide) groups is 1. The number of carbonyl (C=O) groups is 1. The molecule has 0 atom stereocenters. The molecule has 8 heteroatoms. The molecule has 0 N–H and O–H groups in total. The largest absolute Gasteiger partial charge is 0.482 e. The molecule has 3 nitrogen and oxygen atoms in total. The van der Waals surface area contributed by atoms with Crippen LogP contribution in [0.1, 0.15) is 16.0 Å². The van der Waals surface area contributed by atoms with Crippen LogP contribution in [0.15, 0.2) is 59.5 Å². The quantitative estimate of drug-likeness (QED) is 0.299. The average Bonchev–Trinajstić information content (AvgIpc) is 3.11. The minimum atomic E-state index is -4.33. The van der Waals surface area contributed by atoms with E-state index in [4.69, 9.17) is 4.74 Å². The highest BCUT2D eigenvalue weighted by Gasteiger charge is 2.30. The van der Waals surface area contributed by atoms with Gasteiger partial charge in [0.1, 0.15) is 5.75 Å². The molecule has 0 bridgehead atoms. The summed E-state index contributed by atoms with van der Waals surface area (Å²) in [6.07, 6.45) is -4.33. The lowest BCUT2D eigenvalue weighted by Gasteiger charge is -2.06. The zero-order valence-corrected chi connectivity index (χ0v) is 17.9. The van der Waals surface area contributed by atoms with Gasteiger partial charge in [0.25, 0.3) is 0 Å². The molecule has 3 rings (SSSR count). The number of hydrogen-bond donors (Lipinski definition) is 0. The molecule has 0 amide bonds. The second kappa shape index (κ2) is 9.57. The Bertz CT molecular complexity index is 994. The summed E-state index contributed by atoms with van der Waals surface area (Å²) in [5.74, 6) is 0.895. The van der Waals surface area contributed by atoms with E-state index in [0.717, 1.165) is 38.8 Å². The fourth-order valence-corrected chi connectivity index (χ4v) is 4.85. The first kappa shape index (κ1) is 22.2. The molecule has 0 spiro atoms. The second-order valence-corrected chi connectivity index (χ2v) is 8.60. The molecule has 0 unspecified atom stereocenters. The van der Waals surface area contributed by atoms with Crippen LogP contribution in [0.25, 0.3) is 10.4 Å². The topological polar surface area (TPSA) is 35.5 Å². The maximum absolute atomic E-state index is 12.7. The summed E-state index contributed by atoms with van der Waals surface area (Å²) < 4.78 is 48.1. The highest BCUT2D eigenvalue weighted by molar-refractivity contribution is 7.98. The number of aryl methyl sites for hydroxylation is 1. The number of ether oxygens (including phenoxy) is 2. The molecular weight excluding hydrogens is 433 g/mol. The minimum absolute atomic E-state index is 0.135. The number of esters is 1. The third-order valence-corrected chi connectivity index (χ3v) is 6.80. The van der Waals surface area contributed by atoms with E-state index in [9.17, 15) is 18.0 Å². The predicted octanol–water partition coefficient (Wildman–Crippen LogP) is 6.59. The number of rotatable bonds is 7. The fourth-order valence-electron chi connectivity index (χ4n) is 2.61. The number of benzene rings is 2. The molecule has 0 aliphatic carbocycles. The number of methoxy groups -OCH3 is 1. The van der Waals surface area contributed by atoms with Crippen molar-refractivity contribution in [3.63, 3.8) is 0 Å². The van der Waals surface area contributed by atoms with Crippen molar-refractivity contribution in [3.8, 4) is 16.2 Å². The van der Waals surface area contributed by atoms with E-state index in [1.165, 1.54) is 24.1 Å².